The average Bonchev–Trinajstić information content (AvgIpc) is 2.71. The molecule has 1 amide bonds. The Morgan fingerprint density at radius 2 is 1.83 bits per heavy atom. The molecule has 2 aromatic rings. The number of rotatable bonds is 7. The highest BCUT2D eigenvalue weighted by molar-refractivity contribution is 6.33. The molecule has 0 saturated carbocycles. The first-order chi connectivity index (χ1) is 14.2. The smallest absolute Gasteiger partial charge is 0.271 e. The van der Waals surface area contributed by atoms with Gasteiger partial charge >= 0.3 is 0 Å². The Labute approximate surface area is 183 Å². The van der Waals surface area contributed by atoms with Crippen molar-refractivity contribution >= 4 is 35.2 Å². The Morgan fingerprint density at radius 1 is 1.17 bits per heavy atom. The van der Waals surface area contributed by atoms with Crippen LogP contribution in [0.2, 0.25) is 0 Å². The van der Waals surface area contributed by atoms with E-state index in [9.17, 15) is 4.79 Å². The maximum atomic E-state index is 12.4. The number of benzene rings is 1. The predicted molar refractivity (Wildman–Crippen MR) is 124 cm³/mol. The fraction of sp³-hybridized carbons (Fsp3) is 0.304. The zero-order valence-electron chi connectivity index (χ0n) is 18.0. The Morgan fingerprint density at radius 3 is 2.33 bits per heavy atom. The van der Waals surface area contributed by atoms with Crippen LogP contribution in [0.4, 0.5) is 11.5 Å². The van der Waals surface area contributed by atoms with Crippen molar-refractivity contribution in [2.45, 2.75) is 46.1 Å². The molecule has 1 aromatic heterocycles. The second-order valence-electron chi connectivity index (χ2n) is 7.78. The molecule has 0 fully saturated rings. The lowest BCUT2D eigenvalue weighted by Gasteiger charge is -2.19. The summed E-state index contributed by atoms with van der Waals surface area (Å²) in [5.41, 5.74) is 3.01. The Kier molecular flexibility index (Phi) is 7.89. The van der Waals surface area contributed by atoms with Gasteiger partial charge in [0.2, 0.25) is 0 Å². The first kappa shape index (κ1) is 23.3. The third-order valence-electron chi connectivity index (χ3n) is 4.38. The second-order valence-corrected chi connectivity index (χ2v) is 8.19. The molecule has 6 nitrogen and oxygen atoms in total. The van der Waals surface area contributed by atoms with Gasteiger partial charge in [-0.15, -0.1) is 5.10 Å². The third kappa shape index (κ3) is 6.26. The van der Waals surface area contributed by atoms with Gasteiger partial charge in [0.25, 0.3) is 5.91 Å². The van der Waals surface area contributed by atoms with Crippen molar-refractivity contribution in [2.24, 2.45) is 4.99 Å². The second kappa shape index (κ2) is 10.2. The number of allylic oxidation sites excluding steroid dienone is 2. The highest BCUT2D eigenvalue weighted by Crippen LogP contribution is 2.24. The van der Waals surface area contributed by atoms with Gasteiger partial charge in [-0.25, -0.2) is 0 Å². The minimum atomic E-state index is -0.409. The molecule has 1 unspecified atom stereocenters. The van der Waals surface area contributed by atoms with E-state index in [1.165, 1.54) is 17.9 Å². The van der Waals surface area contributed by atoms with Gasteiger partial charge in [-0.1, -0.05) is 51.1 Å². The normalized spacial score (nSPS) is 13.5. The van der Waals surface area contributed by atoms with Crippen LogP contribution < -0.4 is 10.6 Å². The van der Waals surface area contributed by atoms with E-state index in [-0.39, 0.29) is 22.2 Å². The number of carbonyl (C=O) groups is 1. The van der Waals surface area contributed by atoms with Crippen LogP contribution in [-0.2, 0) is 10.2 Å². The monoisotopic (exact) mass is 425 g/mol. The molecular formula is C23H28ClN5O. The van der Waals surface area contributed by atoms with E-state index in [4.69, 9.17) is 11.6 Å². The molecule has 7 heteroatoms. The molecule has 1 aromatic carbocycles. The fourth-order valence-corrected chi connectivity index (χ4v) is 2.77. The molecule has 158 valence electrons. The van der Waals surface area contributed by atoms with Gasteiger partial charge in [-0.2, -0.15) is 5.10 Å². The Hall–Kier alpha value is -2.99. The molecule has 2 N–H and O–H groups in total. The maximum Gasteiger partial charge on any atom is 0.271 e. The van der Waals surface area contributed by atoms with Crippen molar-refractivity contribution in [1.29, 1.82) is 0 Å². The molecule has 0 spiro atoms. The number of amides is 1. The quantitative estimate of drug-likeness (QED) is 0.352. The van der Waals surface area contributed by atoms with Crippen molar-refractivity contribution in [3.05, 3.63) is 71.0 Å². The van der Waals surface area contributed by atoms with E-state index in [1.54, 1.807) is 6.92 Å². The highest BCUT2D eigenvalue weighted by Gasteiger charge is 2.17. The van der Waals surface area contributed by atoms with Crippen molar-refractivity contribution in [1.82, 2.24) is 15.5 Å². The number of hydrogen-bond acceptors (Lipinski definition) is 5. The van der Waals surface area contributed by atoms with Crippen molar-refractivity contribution in [3.8, 4) is 0 Å². The van der Waals surface area contributed by atoms with Crippen LogP contribution in [0.3, 0.4) is 0 Å². The Balaban J connectivity index is 2.06. The number of anilines is 2. The summed E-state index contributed by atoms with van der Waals surface area (Å²) in [6, 6.07) is 11.5. The first-order valence-electron chi connectivity index (χ1n) is 9.68. The van der Waals surface area contributed by atoms with E-state index in [0.29, 0.717) is 11.5 Å². The van der Waals surface area contributed by atoms with E-state index in [2.05, 4.69) is 65.3 Å². The highest BCUT2D eigenvalue weighted by atomic mass is 35.5. The molecule has 0 saturated heterocycles. The summed E-state index contributed by atoms with van der Waals surface area (Å²) in [6.07, 6.45) is 2.88. The Bertz CT molecular complexity index is 941. The van der Waals surface area contributed by atoms with Gasteiger partial charge in [0.05, 0.1) is 16.8 Å². The number of nitrogens with zero attached hydrogens (tertiary/aromatic N) is 3. The maximum absolute atomic E-state index is 12.4. The van der Waals surface area contributed by atoms with Crippen LogP contribution >= 0.6 is 11.6 Å². The fourth-order valence-electron chi connectivity index (χ4n) is 2.64. The van der Waals surface area contributed by atoms with Gasteiger partial charge in [0.15, 0.2) is 5.82 Å². The topological polar surface area (TPSA) is 79.3 Å². The number of aliphatic imine (C=N–C) groups is 1. The van der Waals surface area contributed by atoms with Crippen LogP contribution in [0.15, 0.2) is 64.8 Å². The molecule has 2 rings (SSSR count). The molecule has 30 heavy (non-hydrogen) atoms. The summed E-state index contributed by atoms with van der Waals surface area (Å²) in [5.74, 6) is 0.208. The zero-order valence-corrected chi connectivity index (χ0v) is 18.8. The van der Waals surface area contributed by atoms with Crippen LogP contribution in [0.1, 0.15) is 51.9 Å². The molecule has 1 atom stereocenters. The first-order valence-corrected chi connectivity index (χ1v) is 10.1. The number of nitrogens with one attached hydrogen (secondary N) is 2. The minimum absolute atomic E-state index is 0.103. The summed E-state index contributed by atoms with van der Waals surface area (Å²) in [6.45, 7) is 13.6. The number of aromatic nitrogens is 2. The summed E-state index contributed by atoms with van der Waals surface area (Å²) in [4.78, 5) is 16.5. The van der Waals surface area contributed by atoms with Crippen molar-refractivity contribution in [3.63, 3.8) is 0 Å². The van der Waals surface area contributed by atoms with E-state index < -0.39 is 5.91 Å². The third-order valence-corrected chi connectivity index (χ3v) is 4.71. The summed E-state index contributed by atoms with van der Waals surface area (Å²) in [5, 5.41) is 14.7. The minimum Gasteiger partial charge on any atom is -0.342 e. The zero-order chi connectivity index (χ0) is 22.3. The standard InChI is InChI=1S/C23H28ClN5O/c1-7-18(24)21(25-8-2)22(30)26-15(3)19-13-14-20(29-28-19)27-17-11-9-16(10-12-17)23(4,5)6/h7-15H,1H2,2-6H3,(H,26,30)(H,27,29)/b21-18+,25-8-. The average molecular weight is 426 g/mol. The van der Waals surface area contributed by atoms with Gasteiger partial charge in [0, 0.05) is 11.9 Å². The van der Waals surface area contributed by atoms with Gasteiger partial charge in [-0.3, -0.25) is 9.79 Å². The van der Waals surface area contributed by atoms with Crippen LogP contribution in [-0.4, -0.2) is 22.3 Å². The number of carbonyl (C=O) groups excluding carboxylic acids is 1. The molecule has 0 aliphatic carbocycles. The number of hydrogen-bond donors (Lipinski definition) is 2. The van der Waals surface area contributed by atoms with E-state index >= 15 is 0 Å². The van der Waals surface area contributed by atoms with Gasteiger partial charge in [-0.05, 0) is 55.2 Å². The predicted octanol–water partition coefficient (Wildman–Crippen LogP) is 5.42. The lowest BCUT2D eigenvalue weighted by atomic mass is 9.87. The SMILES string of the molecule is C=C/C(Cl)=C(\N=C/C)C(=O)NC(C)c1ccc(Nc2ccc(C(C)(C)C)cc2)nn1. The van der Waals surface area contributed by atoms with Crippen LogP contribution in [0.5, 0.6) is 0 Å². The van der Waals surface area contributed by atoms with Gasteiger partial charge in [0.1, 0.15) is 5.70 Å². The number of halogens is 1. The van der Waals surface area contributed by atoms with Crippen molar-refractivity contribution in [2.75, 3.05) is 5.32 Å². The molecule has 0 bridgehead atoms. The summed E-state index contributed by atoms with van der Waals surface area (Å²) < 4.78 is 0. The summed E-state index contributed by atoms with van der Waals surface area (Å²) in [7, 11) is 0. The molecule has 0 aliphatic rings. The van der Waals surface area contributed by atoms with Crippen molar-refractivity contribution < 1.29 is 4.79 Å². The van der Waals surface area contributed by atoms with Gasteiger partial charge < -0.3 is 10.6 Å². The lowest BCUT2D eigenvalue weighted by Crippen LogP contribution is -2.28. The summed E-state index contributed by atoms with van der Waals surface area (Å²) >= 11 is 6.02. The van der Waals surface area contributed by atoms with Crippen LogP contribution in [0.25, 0.3) is 0 Å². The molecule has 0 aliphatic heterocycles. The molecule has 1 heterocycles. The molecule has 0 radical (unpaired) electrons. The largest absolute Gasteiger partial charge is 0.342 e. The van der Waals surface area contributed by atoms with E-state index in [0.717, 1.165) is 5.69 Å². The van der Waals surface area contributed by atoms with Crippen LogP contribution in [0, 0.1) is 0 Å². The lowest BCUT2D eigenvalue weighted by molar-refractivity contribution is -0.118. The van der Waals surface area contributed by atoms with E-state index in [1.807, 2.05) is 31.2 Å². The molecular weight excluding hydrogens is 398 g/mol.